The molecule has 0 saturated carbocycles. The Bertz CT molecular complexity index is 352. The first-order valence-electron chi connectivity index (χ1n) is 4.09. The van der Waals surface area contributed by atoms with Crippen LogP contribution in [0.15, 0.2) is 22.7 Å². The summed E-state index contributed by atoms with van der Waals surface area (Å²) in [4.78, 5) is 10.7. The van der Waals surface area contributed by atoms with Gasteiger partial charge in [-0.1, -0.05) is 28.1 Å². The fourth-order valence-corrected chi connectivity index (χ4v) is 1.99. The third-order valence-electron chi connectivity index (χ3n) is 1.85. The zero-order valence-electron chi connectivity index (χ0n) is 7.56. The summed E-state index contributed by atoms with van der Waals surface area (Å²) in [5, 5.41) is -1.17. The monoisotopic (exact) mass is 294 g/mol. The van der Waals surface area contributed by atoms with Crippen LogP contribution < -0.4 is 0 Å². The van der Waals surface area contributed by atoms with Gasteiger partial charge in [-0.2, -0.15) is 0 Å². The van der Waals surface area contributed by atoms with E-state index in [1.54, 1.807) is 0 Å². The Morgan fingerprint density at radius 3 is 2.71 bits per heavy atom. The van der Waals surface area contributed by atoms with Crippen molar-refractivity contribution in [3.63, 3.8) is 0 Å². The largest absolute Gasteiger partial charge is 0.280 e. The molecule has 1 unspecified atom stereocenters. The minimum Gasteiger partial charge on any atom is -0.280 e. The Kier molecular flexibility index (Phi) is 4.42. The summed E-state index contributed by atoms with van der Waals surface area (Å²) in [6, 6.07) is 5.90. The number of carbonyl (C=O) groups excluding carboxylic acids is 1. The van der Waals surface area contributed by atoms with Gasteiger partial charge in [-0.05, 0) is 42.1 Å². The predicted octanol–water partition coefficient (Wildman–Crippen LogP) is 3.67. The van der Waals surface area contributed by atoms with Crippen LogP contribution in [0.3, 0.4) is 0 Å². The summed E-state index contributed by atoms with van der Waals surface area (Å²) in [7, 11) is 0. The molecule has 0 bridgehead atoms. The molecule has 1 aromatic rings. The first kappa shape index (κ1) is 12.0. The molecular formula is C10H9BrCl2O. The lowest BCUT2D eigenvalue weighted by molar-refractivity contribution is -0.111. The molecule has 0 N–H and O–H groups in total. The van der Waals surface area contributed by atoms with Gasteiger partial charge in [-0.25, -0.2) is 0 Å². The van der Waals surface area contributed by atoms with Crippen LogP contribution in [-0.4, -0.2) is 10.6 Å². The van der Waals surface area contributed by atoms with Gasteiger partial charge < -0.3 is 0 Å². The molecule has 1 rings (SSSR count). The van der Waals surface area contributed by atoms with Gasteiger partial charge in [0.15, 0.2) is 0 Å². The van der Waals surface area contributed by atoms with Crippen LogP contribution in [0.25, 0.3) is 0 Å². The fourth-order valence-electron chi connectivity index (χ4n) is 1.09. The summed E-state index contributed by atoms with van der Waals surface area (Å²) in [5.74, 6) is 0. The lowest BCUT2D eigenvalue weighted by Crippen LogP contribution is -2.11. The molecule has 0 aromatic heterocycles. The third kappa shape index (κ3) is 3.26. The van der Waals surface area contributed by atoms with Crippen LogP contribution in [0.4, 0.5) is 0 Å². The normalized spacial score (nSPS) is 12.6. The van der Waals surface area contributed by atoms with Crippen molar-refractivity contribution < 1.29 is 4.79 Å². The minimum absolute atomic E-state index is 0.449. The number of rotatable bonds is 3. The molecule has 0 spiro atoms. The van der Waals surface area contributed by atoms with E-state index >= 15 is 0 Å². The molecule has 1 aromatic carbocycles. The zero-order chi connectivity index (χ0) is 10.7. The number of hydrogen-bond donors (Lipinski definition) is 0. The van der Waals surface area contributed by atoms with Gasteiger partial charge in [0.25, 0.3) is 0 Å². The number of halogens is 3. The van der Waals surface area contributed by atoms with Crippen LogP contribution in [0.5, 0.6) is 0 Å². The van der Waals surface area contributed by atoms with Crippen molar-refractivity contribution in [2.75, 3.05) is 0 Å². The molecule has 4 heteroatoms. The molecule has 0 heterocycles. The van der Waals surface area contributed by atoms with E-state index in [9.17, 15) is 4.79 Å². The number of benzene rings is 1. The number of carbonyl (C=O) groups is 1. The van der Waals surface area contributed by atoms with Gasteiger partial charge in [0.1, 0.15) is 5.38 Å². The van der Waals surface area contributed by atoms with Crippen molar-refractivity contribution in [1.82, 2.24) is 0 Å². The molecule has 1 nitrogen and oxygen atoms in total. The van der Waals surface area contributed by atoms with Gasteiger partial charge in [-0.3, -0.25) is 4.79 Å². The summed E-state index contributed by atoms with van der Waals surface area (Å²) in [6.07, 6.45) is 0.449. The Balaban J connectivity index is 2.82. The van der Waals surface area contributed by atoms with Gasteiger partial charge in [0.05, 0.1) is 0 Å². The number of aryl methyl sites for hydroxylation is 1. The lowest BCUT2D eigenvalue weighted by Gasteiger charge is -2.07. The summed E-state index contributed by atoms with van der Waals surface area (Å²) in [5.41, 5.74) is 2.15. The average Bonchev–Trinajstić information content (AvgIpc) is 2.09. The van der Waals surface area contributed by atoms with E-state index in [0.29, 0.717) is 6.42 Å². The molecule has 1 atom stereocenters. The summed E-state index contributed by atoms with van der Waals surface area (Å²) >= 11 is 14.4. The van der Waals surface area contributed by atoms with E-state index in [0.717, 1.165) is 15.6 Å². The SMILES string of the molecule is Cc1ccc(CC(Cl)C(=O)Cl)c(Br)c1. The van der Waals surface area contributed by atoms with E-state index in [4.69, 9.17) is 23.2 Å². The molecule has 0 amide bonds. The highest BCUT2D eigenvalue weighted by Gasteiger charge is 2.14. The summed E-state index contributed by atoms with van der Waals surface area (Å²) in [6.45, 7) is 2.00. The van der Waals surface area contributed by atoms with Crippen LogP contribution >= 0.6 is 39.1 Å². The van der Waals surface area contributed by atoms with Gasteiger partial charge in [0.2, 0.25) is 5.24 Å². The number of alkyl halides is 1. The Morgan fingerprint density at radius 2 is 2.21 bits per heavy atom. The molecule has 14 heavy (non-hydrogen) atoms. The molecule has 0 aliphatic heterocycles. The first-order chi connectivity index (χ1) is 6.50. The molecule has 76 valence electrons. The average molecular weight is 296 g/mol. The third-order valence-corrected chi connectivity index (χ3v) is 3.32. The van der Waals surface area contributed by atoms with E-state index < -0.39 is 10.6 Å². The molecule has 0 saturated heterocycles. The molecule has 0 radical (unpaired) electrons. The Hall–Kier alpha value is -0.0500. The number of hydrogen-bond acceptors (Lipinski definition) is 1. The van der Waals surface area contributed by atoms with E-state index in [1.807, 2.05) is 25.1 Å². The smallest absolute Gasteiger partial charge is 0.239 e. The zero-order valence-corrected chi connectivity index (χ0v) is 10.7. The van der Waals surface area contributed by atoms with E-state index in [2.05, 4.69) is 15.9 Å². The second kappa shape index (κ2) is 5.15. The van der Waals surface area contributed by atoms with Crippen molar-refractivity contribution >= 4 is 44.4 Å². The fraction of sp³-hybridized carbons (Fsp3) is 0.300. The van der Waals surface area contributed by atoms with Gasteiger partial charge in [0, 0.05) is 4.47 Å². The summed E-state index contributed by atoms with van der Waals surface area (Å²) < 4.78 is 0.959. The van der Waals surface area contributed by atoms with Crippen molar-refractivity contribution in [1.29, 1.82) is 0 Å². The highest BCUT2D eigenvalue weighted by atomic mass is 79.9. The van der Waals surface area contributed by atoms with Crippen molar-refractivity contribution in [2.45, 2.75) is 18.7 Å². The van der Waals surface area contributed by atoms with Gasteiger partial charge in [-0.15, -0.1) is 11.6 Å². The van der Waals surface area contributed by atoms with Crippen molar-refractivity contribution in [3.05, 3.63) is 33.8 Å². The maximum absolute atomic E-state index is 10.7. The Morgan fingerprint density at radius 1 is 1.57 bits per heavy atom. The topological polar surface area (TPSA) is 17.1 Å². The van der Waals surface area contributed by atoms with Crippen molar-refractivity contribution in [2.24, 2.45) is 0 Å². The predicted molar refractivity (Wildman–Crippen MR) is 63.1 cm³/mol. The standard InChI is InChI=1S/C10H9BrCl2O/c1-6-2-3-7(8(11)4-6)5-9(12)10(13)14/h2-4,9H,5H2,1H3. The van der Waals surface area contributed by atoms with E-state index in [-0.39, 0.29) is 0 Å². The molecular weight excluding hydrogens is 287 g/mol. The van der Waals surface area contributed by atoms with Crippen LogP contribution in [-0.2, 0) is 11.2 Å². The quantitative estimate of drug-likeness (QED) is 0.614. The second-order valence-corrected chi connectivity index (χ2v) is 4.82. The van der Waals surface area contributed by atoms with Crippen LogP contribution in [0, 0.1) is 6.92 Å². The first-order valence-corrected chi connectivity index (χ1v) is 5.70. The van der Waals surface area contributed by atoms with Crippen molar-refractivity contribution in [3.8, 4) is 0 Å². The molecule has 0 aliphatic carbocycles. The van der Waals surface area contributed by atoms with Gasteiger partial charge >= 0.3 is 0 Å². The highest BCUT2D eigenvalue weighted by Crippen LogP contribution is 2.21. The highest BCUT2D eigenvalue weighted by molar-refractivity contribution is 9.10. The van der Waals surface area contributed by atoms with Crippen LogP contribution in [0.1, 0.15) is 11.1 Å². The lowest BCUT2D eigenvalue weighted by atomic mass is 10.1. The second-order valence-electron chi connectivity index (χ2n) is 3.07. The maximum Gasteiger partial charge on any atom is 0.239 e. The maximum atomic E-state index is 10.7. The van der Waals surface area contributed by atoms with Crippen LogP contribution in [0.2, 0.25) is 0 Å². The van der Waals surface area contributed by atoms with E-state index in [1.165, 1.54) is 0 Å². The molecule has 0 fully saturated rings. The minimum atomic E-state index is -0.657. The Labute approximate surface area is 102 Å². The molecule has 0 aliphatic rings.